The van der Waals surface area contributed by atoms with E-state index in [0.29, 0.717) is 11.6 Å². The zero-order valence-corrected chi connectivity index (χ0v) is 16.7. The van der Waals surface area contributed by atoms with Crippen molar-refractivity contribution in [2.24, 2.45) is 0 Å². The van der Waals surface area contributed by atoms with E-state index in [2.05, 4.69) is 47.5 Å². The number of rotatable bonds is 6. The van der Waals surface area contributed by atoms with Crippen LogP contribution in [0.4, 0.5) is 5.13 Å². The van der Waals surface area contributed by atoms with Crippen LogP contribution < -0.4 is 5.32 Å². The summed E-state index contributed by atoms with van der Waals surface area (Å²) >= 11 is 1.66. The van der Waals surface area contributed by atoms with Gasteiger partial charge in [0.05, 0.1) is 16.5 Å². The first-order valence-corrected chi connectivity index (χ1v) is 10.2. The van der Waals surface area contributed by atoms with Crippen molar-refractivity contribution >= 4 is 22.1 Å². The molecule has 0 atom stereocenters. The summed E-state index contributed by atoms with van der Waals surface area (Å²) in [4.78, 5) is 10.2. The highest BCUT2D eigenvalue weighted by atomic mass is 32.1. The van der Waals surface area contributed by atoms with Crippen molar-refractivity contribution in [2.45, 2.75) is 32.7 Å². The number of thiazole rings is 1. The minimum Gasteiger partial charge on any atom is -0.359 e. The van der Waals surface area contributed by atoms with Gasteiger partial charge in [0.15, 0.2) is 5.13 Å². The largest absolute Gasteiger partial charge is 0.359 e. The van der Waals surface area contributed by atoms with E-state index in [4.69, 9.17) is 0 Å². The maximum atomic E-state index is 9.25. The highest BCUT2D eigenvalue weighted by Crippen LogP contribution is 2.34. The van der Waals surface area contributed by atoms with Gasteiger partial charge >= 0.3 is 0 Å². The topological polar surface area (TPSA) is 66.0 Å². The summed E-state index contributed by atoms with van der Waals surface area (Å²) in [6, 6.07) is 12.4. The number of nitrogens with zero attached hydrogens (tertiary/aromatic N) is 4. The number of hydrogen-bond donors (Lipinski definition) is 1. The van der Waals surface area contributed by atoms with Crippen LogP contribution in [0.2, 0.25) is 0 Å². The van der Waals surface area contributed by atoms with E-state index in [9.17, 15) is 5.26 Å². The van der Waals surface area contributed by atoms with Gasteiger partial charge in [-0.15, -0.1) is 0 Å². The average molecular weight is 388 g/mol. The molecule has 4 aromatic rings. The minimum atomic E-state index is 0.444. The summed E-state index contributed by atoms with van der Waals surface area (Å²) in [5, 5.41) is 13.7. The number of nitriles is 1. The number of benzene rings is 1. The molecule has 0 saturated heterocycles. The van der Waals surface area contributed by atoms with Crippen LogP contribution in [0, 0.1) is 11.3 Å². The fourth-order valence-electron chi connectivity index (χ4n) is 3.28. The normalized spacial score (nSPS) is 11.1. The smallest absolute Gasteiger partial charge is 0.183 e. The molecule has 4 rings (SSSR count). The Labute approximate surface area is 168 Å². The van der Waals surface area contributed by atoms with E-state index in [1.807, 2.05) is 41.1 Å². The highest BCUT2D eigenvalue weighted by Gasteiger charge is 2.13. The van der Waals surface area contributed by atoms with E-state index in [1.165, 1.54) is 0 Å². The first-order chi connectivity index (χ1) is 13.7. The van der Waals surface area contributed by atoms with Crippen LogP contribution in [-0.2, 0) is 0 Å². The Bertz CT molecular complexity index is 1150. The third-order valence-electron chi connectivity index (χ3n) is 4.89. The molecule has 6 heteroatoms. The third kappa shape index (κ3) is 3.49. The van der Waals surface area contributed by atoms with Crippen LogP contribution in [0.25, 0.3) is 27.2 Å². The van der Waals surface area contributed by atoms with Crippen molar-refractivity contribution in [2.75, 3.05) is 5.32 Å². The van der Waals surface area contributed by atoms with E-state index in [0.717, 1.165) is 45.2 Å². The number of pyridine rings is 1. The van der Waals surface area contributed by atoms with Crippen molar-refractivity contribution in [1.29, 1.82) is 5.26 Å². The molecule has 1 aromatic carbocycles. The van der Waals surface area contributed by atoms with Crippen LogP contribution in [0.15, 0.2) is 55.1 Å². The van der Waals surface area contributed by atoms with Crippen LogP contribution in [-0.4, -0.2) is 20.4 Å². The van der Waals surface area contributed by atoms with E-state index < -0.39 is 0 Å². The Morgan fingerprint density at radius 3 is 2.82 bits per heavy atom. The molecule has 5 nitrogen and oxygen atoms in total. The molecule has 3 heterocycles. The second-order valence-corrected chi connectivity index (χ2v) is 7.71. The van der Waals surface area contributed by atoms with Gasteiger partial charge in [-0.3, -0.25) is 0 Å². The zero-order chi connectivity index (χ0) is 19.5. The molecule has 0 saturated carbocycles. The van der Waals surface area contributed by atoms with Gasteiger partial charge in [0.1, 0.15) is 5.65 Å². The van der Waals surface area contributed by atoms with Crippen molar-refractivity contribution < 1.29 is 0 Å². The monoisotopic (exact) mass is 387 g/mol. The minimum absolute atomic E-state index is 0.444. The molecule has 0 bridgehead atoms. The van der Waals surface area contributed by atoms with Gasteiger partial charge in [-0.2, -0.15) is 5.26 Å². The lowest BCUT2D eigenvalue weighted by atomic mass is 10.0. The summed E-state index contributed by atoms with van der Waals surface area (Å²) in [5.41, 5.74) is 4.58. The number of imidazole rings is 1. The lowest BCUT2D eigenvalue weighted by molar-refractivity contribution is 0.671. The summed E-state index contributed by atoms with van der Waals surface area (Å²) < 4.78 is 2.03. The van der Waals surface area contributed by atoms with Gasteiger partial charge < -0.3 is 9.72 Å². The van der Waals surface area contributed by atoms with Crippen LogP contribution in [0.1, 0.15) is 32.3 Å². The highest BCUT2D eigenvalue weighted by molar-refractivity contribution is 7.18. The Balaban J connectivity index is 1.77. The van der Waals surface area contributed by atoms with E-state index >= 15 is 0 Å². The third-order valence-corrected chi connectivity index (χ3v) is 5.87. The Morgan fingerprint density at radius 2 is 2.04 bits per heavy atom. The van der Waals surface area contributed by atoms with Gasteiger partial charge in [0, 0.05) is 42.0 Å². The Morgan fingerprint density at radius 1 is 1.18 bits per heavy atom. The molecule has 1 N–H and O–H groups in total. The molecule has 0 spiro atoms. The van der Waals surface area contributed by atoms with Crippen LogP contribution >= 0.6 is 11.3 Å². The number of nitrogens with one attached hydrogen (secondary N) is 1. The molecule has 0 radical (unpaired) electrons. The zero-order valence-electron chi connectivity index (χ0n) is 15.9. The van der Waals surface area contributed by atoms with Gasteiger partial charge in [-0.25, -0.2) is 9.97 Å². The fourth-order valence-corrected chi connectivity index (χ4v) is 4.15. The molecular formula is C22H21N5S. The first-order valence-electron chi connectivity index (χ1n) is 9.41. The quantitative estimate of drug-likeness (QED) is 0.468. The van der Waals surface area contributed by atoms with Crippen molar-refractivity contribution in [1.82, 2.24) is 14.4 Å². The van der Waals surface area contributed by atoms with Crippen molar-refractivity contribution in [3.63, 3.8) is 0 Å². The first kappa shape index (κ1) is 18.2. The second kappa shape index (κ2) is 7.83. The Hall–Kier alpha value is -3.17. The molecule has 3 aromatic heterocycles. The molecule has 140 valence electrons. The maximum Gasteiger partial charge on any atom is 0.183 e. The second-order valence-electron chi connectivity index (χ2n) is 6.68. The van der Waals surface area contributed by atoms with Crippen LogP contribution in [0.3, 0.4) is 0 Å². The van der Waals surface area contributed by atoms with E-state index in [1.54, 1.807) is 17.5 Å². The van der Waals surface area contributed by atoms with Gasteiger partial charge in [-0.05, 0) is 36.6 Å². The number of fused-ring (bicyclic) bond motifs is 1. The lowest BCUT2D eigenvalue weighted by Gasteiger charge is -2.12. The molecule has 28 heavy (non-hydrogen) atoms. The molecule has 0 amide bonds. The Kier molecular flexibility index (Phi) is 5.09. The summed E-state index contributed by atoms with van der Waals surface area (Å²) in [7, 11) is 0. The SMILES string of the molecule is CCC(CC)Nc1ncc(-c2cc(-c3cccc(C#N)c3)c3nccn3c2)s1. The maximum absolute atomic E-state index is 9.25. The van der Waals surface area contributed by atoms with Crippen LogP contribution in [0.5, 0.6) is 0 Å². The van der Waals surface area contributed by atoms with E-state index in [-0.39, 0.29) is 0 Å². The molecule has 0 unspecified atom stereocenters. The fraction of sp³-hybridized carbons (Fsp3) is 0.227. The summed E-state index contributed by atoms with van der Waals surface area (Å²) in [6.45, 7) is 4.37. The number of aromatic nitrogens is 3. The lowest BCUT2D eigenvalue weighted by Crippen LogP contribution is -2.16. The van der Waals surface area contributed by atoms with Gasteiger partial charge in [-0.1, -0.05) is 37.3 Å². The molecule has 0 aliphatic heterocycles. The number of hydrogen-bond acceptors (Lipinski definition) is 5. The van der Waals surface area contributed by atoms with Gasteiger partial charge in [0.25, 0.3) is 0 Å². The summed E-state index contributed by atoms with van der Waals surface area (Å²) in [6.07, 6.45) is 9.89. The standard InChI is InChI=1S/C22H21N5S/c1-3-18(4-2)26-22-25-13-20(28-22)17-11-19(21-24-8-9-27(21)14-17)16-7-5-6-15(10-16)12-23/h5-11,13-14,18H,3-4H2,1-2H3,(H,25,26). The number of anilines is 1. The van der Waals surface area contributed by atoms with Crippen molar-refractivity contribution in [3.8, 4) is 27.6 Å². The van der Waals surface area contributed by atoms with Gasteiger partial charge in [0.2, 0.25) is 0 Å². The molecule has 0 fully saturated rings. The molecular weight excluding hydrogens is 366 g/mol. The van der Waals surface area contributed by atoms with Crippen molar-refractivity contribution in [3.05, 3.63) is 60.7 Å². The average Bonchev–Trinajstić information content (AvgIpc) is 3.40. The molecule has 0 aliphatic rings. The predicted octanol–water partition coefficient (Wildman–Crippen LogP) is 5.60. The molecule has 0 aliphatic carbocycles. The summed E-state index contributed by atoms with van der Waals surface area (Å²) in [5.74, 6) is 0. The predicted molar refractivity (Wildman–Crippen MR) is 114 cm³/mol.